The van der Waals surface area contributed by atoms with E-state index in [9.17, 15) is 9.90 Å². The van der Waals surface area contributed by atoms with Crippen LogP contribution in [0.1, 0.15) is 26.3 Å². The van der Waals surface area contributed by atoms with Crippen LogP contribution in [0.15, 0.2) is 17.2 Å². The van der Waals surface area contributed by atoms with Gasteiger partial charge in [0.25, 0.3) is 0 Å². The van der Waals surface area contributed by atoms with E-state index in [1.54, 1.807) is 20.8 Å². The van der Waals surface area contributed by atoms with Crippen molar-refractivity contribution in [2.75, 3.05) is 0 Å². The number of rotatable bonds is 2. The number of phenols is 1. The van der Waals surface area contributed by atoms with Gasteiger partial charge in [0.1, 0.15) is 11.4 Å². The Morgan fingerprint density at radius 3 is 2.63 bits per heavy atom. The molecule has 1 aromatic rings. The van der Waals surface area contributed by atoms with Crippen LogP contribution in [-0.4, -0.2) is 23.0 Å². The Bertz CT molecular complexity index is 510. The SMILES string of the molecule is CC(C)(C)OC(=O)N/N=C\c1cc(Cl)cc(Cl)c1O. The van der Waals surface area contributed by atoms with E-state index in [0.717, 1.165) is 0 Å². The predicted octanol–water partition coefficient (Wildman–Crippen LogP) is 3.56. The third-order valence-corrected chi connectivity index (χ3v) is 2.32. The summed E-state index contributed by atoms with van der Waals surface area (Å²) >= 11 is 11.5. The van der Waals surface area contributed by atoms with E-state index < -0.39 is 11.7 Å². The lowest BCUT2D eigenvalue weighted by Crippen LogP contribution is -2.29. The highest BCUT2D eigenvalue weighted by Gasteiger charge is 2.15. The summed E-state index contributed by atoms with van der Waals surface area (Å²) < 4.78 is 4.97. The number of nitrogens with one attached hydrogen (secondary N) is 1. The van der Waals surface area contributed by atoms with E-state index in [1.807, 2.05) is 0 Å². The van der Waals surface area contributed by atoms with Gasteiger partial charge in [-0.25, -0.2) is 10.2 Å². The fraction of sp³-hybridized carbons (Fsp3) is 0.333. The Hall–Kier alpha value is -1.46. The number of benzene rings is 1. The van der Waals surface area contributed by atoms with Crippen molar-refractivity contribution >= 4 is 35.5 Å². The molecule has 0 atom stereocenters. The fourth-order valence-corrected chi connectivity index (χ4v) is 1.65. The number of carbonyl (C=O) groups is 1. The van der Waals surface area contributed by atoms with Crippen LogP contribution in [0.25, 0.3) is 0 Å². The van der Waals surface area contributed by atoms with Crippen molar-refractivity contribution in [1.82, 2.24) is 5.43 Å². The van der Waals surface area contributed by atoms with E-state index in [-0.39, 0.29) is 16.3 Å². The minimum absolute atomic E-state index is 0.103. The summed E-state index contributed by atoms with van der Waals surface area (Å²) in [5.74, 6) is -0.166. The van der Waals surface area contributed by atoms with E-state index in [0.29, 0.717) is 5.02 Å². The van der Waals surface area contributed by atoms with Crippen LogP contribution in [0.4, 0.5) is 4.79 Å². The zero-order valence-electron chi connectivity index (χ0n) is 10.7. The molecule has 1 rings (SSSR count). The van der Waals surface area contributed by atoms with Crippen LogP contribution in [0, 0.1) is 0 Å². The van der Waals surface area contributed by atoms with Gasteiger partial charge in [-0.2, -0.15) is 5.10 Å². The van der Waals surface area contributed by atoms with Gasteiger partial charge in [-0.1, -0.05) is 23.2 Å². The molecule has 1 aromatic carbocycles. The van der Waals surface area contributed by atoms with Crippen LogP contribution in [0.5, 0.6) is 5.75 Å². The summed E-state index contributed by atoms with van der Waals surface area (Å²) in [5.41, 5.74) is 1.84. The Kier molecular flexibility index (Phi) is 5.03. The van der Waals surface area contributed by atoms with Crippen LogP contribution < -0.4 is 5.43 Å². The maximum absolute atomic E-state index is 11.3. The summed E-state index contributed by atoms with van der Waals surface area (Å²) in [4.78, 5) is 11.3. The van der Waals surface area contributed by atoms with Gasteiger partial charge in [0.05, 0.1) is 11.2 Å². The molecule has 19 heavy (non-hydrogen) atoms. The predicted molar refractivity (Wildman–Crippen MR) is 75.1 cm³/mol. The zero-order valence-corrected chi connectivity index (χ0v) is 12.2. The van der Waals surface area contributed by atoms with Crippen molar-refractivity contribution in [3.8, 4) is 5.75 Å². The number of halogens is 2. The third-order valence-electron chi connectivity index (χ3n) is 1.82. The van der Waals surface area contributed by atoms with Gasteiger partial charge in [0.2, 0.25) is 0 Å². The highest BCUT2D eigenvalue weighted by atomic mass is 35.5. The van der Waals surface area contributed by atoms with E-state index in [1.165, 1.54) is 18.3 Å². The first-order valence-electron chi connectivity index (χ1n) is 5.39. The normalized spacial score (nSPS) is 11.6. The van der Waals surface area contributed by atoms with Crippen LogP contribution >= 0.6 is 23.2 Å². The van der Waals surface area contributed by atoms with Gasteiger partial charge in [0, 0.05) is 10.6 Å². The van der Waals surface area contributed by atoms with Crippen molar-refractivity contribution in [2.24, 2.45) is 5.10 Å². The van der Waals surface area contributed by atoms with Crippen LogP contribution in [-0.2, 0) is 4.74 Å². The first-order chi connectivity index (χ1) is 8.69. The lowest BCUT2D eigenvalue weighted by Gasteiger charge is -2.18. The van der Waals surface area contributed by atoms with Crippen LogP contribution in [0.2, 0.25) is 10.0 Å². The largest absolute Gasteiger partial charge is 0.506 e. The third kappa shape index (κ3) is 5.36. The average molecular weight is 305 g/mol. The quantitative estimate of drug-likeness (QED) is 0.648. The second-order valence-electron chi connectivity index (χ2n) is 4.70. The maximum Gasteiger partial charge on any atom is 0.428 e. The molecule has 7 heteroatoms. The molecular weight excluding hydrogens is 291 g/mol. The zero-order chi connectivity index (χ0) is 14.6. The number of nitrogens with zero attached hydrogens (tertiary/aromatic N) is 1. The van der Waals surface area contributed by atoms with E-state index >= 15 is 0 Å². The first-order valence-corrected chi connectivity index (χ1v) is 6.15. The molecule has 0 fully saturated rings. The summed E-state index contributed by atoms with van der Waals surface area (Å²) in [6.07, 6.45) is 0.521. The molecule has 104 valence electrons. The van der Waals surface area contributed by atoms with Crippen molar-refractivity contribution in [3.63, 3.8) is 0 Å². The molecule has 0 spiro atoms. The number of ether oxygens (including phenoxy) is 1. The van der Waals surface area contributed by atoms with Crippen LogP contribution in [0.3, 0.4) is 0 Å². The Labute approximate surface area is 121 Å². The Balaban J connectivity index is 2.71. The molecule has 0 aliphatic rings. The average Bonchev–Trinajstić information content (AvgIpc) is 2.22. The number of amides is 1. The molecular formula is C12H14Cl2N2O3. The minimum atomic E-state index is -0.698. The lowest BCUT2D eigenvalue weighted by atomic mass is 10.2. The Morgan fingerprint density at radius 1 is 1.42 bits per heavy atom. The monoisotopic (exact) mass is 304 g/mol. The second kappa shape index (κ2) is 6.12. The number of hydrazone groups is 1. The van der Waals surface area contributed by atoms with Crippen molar-refractivity contribution in [2.45, 2.75) is 26.4 Å². The van der Waals surface area contributed by atoms with Gasteiger partial charge >= 0.3 is 6.09 Å². The molecule has 0 aliphatic carbocycles. The van der Waals surface area contributed by atoms with Gasteiger partial charge in [-0.15, -0.1) is 0 Å². The number of hydrogen-bond donors (Lipinski definition) is 2. The first kappa shape index (κ1) is 15.6. The molecule has 0 radical (unpaired) electrons. The molecule has 5 nitrogen and oxygen atoms in total. The Morgan fingerprint density at radius 2 is 2.05 bits per heavy atom. The highest BCUT2D eigenvalue weighted by molar-refractivity contribution is 6.36. The smallest absolute Gasteiger partial charge is 0.428 e. The van der Waals surface area contributed by atoms with Crippen molar-refractivity contribution in [3.05, 3.63) is 27.7 Å². The molecule has 0 unspecified atom stereocenters. The molecule has 0 saturated carbocycles. The molecule has 0 heterocycles. The van der Waals surface area contributed by atoms with Gasteiger partial charge in [0.15, 0.2) is 0 Å². The molecule has 0 bridgehead atoms. The summed E-state index contributed by atoms with van der Waals surface area (Å²) in [5, 5.41) is 13.7. The van der Waals surface area contributed by atoms with Crippen molar-refractivity contribution < 1.29 is 14.6 Å². The van der Waals surface area contributed by atoms with Crippen molar-refractivity contribution in [1.29, 1.82) is 0 Å². The molecule has 0 aliphatic heterocycles. The van der Waals surface area contributed by atoms with E-state index in [2.05, 4.69) is 10.5 Å². The number of carbonyl (C=O) groups excluding carboxylic acids is 1. The number of hydrogen-bond acceptors (Lipinski definition) is 4. The minimum Gasteiger partial charge on any atom is -0.506 e. The summed E-state index contributed by atoms with van der Waals surface area (Å²) in [6, 6.07) is 2.86. The molecule has 2 N–H and O–H groups in total. The number of aromatic hydroxyl groups is 1. The van der Waals surface area contributed by atoms with E-state index in [4.69, 9.17) is 27.9 Å². The lowest BCUT2D eigenvalue weighted by molar-refractivity contribution is 0.0529. The topological polar surface area (TPSA) is 70.9 Å². The maximum atomic E-state index is 11.3. The standard InChI is InChI=1S/C12H14Cl2N2O3/c1-12(2,3)19-11(18)16-15-6-7-4-8(13)5-9(14)10(7)17/h4-6,17H,1-3H3,(H,16,18)/b15-6-. The summed E-state index contributed by atoms with van der Waals surface area (Å²) in [7, 11) is 0. The second-order valence-corrected chi connectivity index (χ2v) is 5.54. The van der Waals surface area contributed by atoms with Gasteiger partial charge < -0.3 is 9.84 Å². The molecule has 1 amide bonds. The highest BCUT2D eigenvalue weighted by Crippen LogP contribution is 2.29. The molecule has 0 saturated heterocycles. The van der Waals surface area contributed by atoms with Gasteiger partial charge in [-0.05, 0) is 32.9 Å². The summed E-state index contributed by atoms with van der Waals surface area (Å²) in [6.45, 7) is 5.20. The molecule has 0 aromatic heterocycles. The number of phenolic OH excluding ortho intramolecular Hbond substituents is 1. The fourth-order valence-electron chi connectivity index (χ4n) is 1.14. The van der Waals surface area contributed by atoms with Gasteiger partial charge in [-0.3, -0.25) is 0 Å².